The lowest BCUT2D eigenvalue weighted by molar-refractivity contribution is -0.141. The van der Waals surface area contributed by atoms with Crippen LogP contribution < -0.4 is 4.74 Å². The number of ether oxygens (including phenoxy) is 2. The van der Waals surface area contributed by atoms with E-state index in [1.165, 1.54) is 31.2 Å². The molecule has 2 aromatic carbocycles. The monoisotopic (exact) mass is 326 g/mol. The Morgan fingerprint density at radius 3 is 2.58 bits per heavy atom. The molecule has 0 amide bonds. The van der Waals surface area contributed by atoms with Crippen molar-refractivity contribution in [3.63, 3.8) is 0 Å². The van der Waals surface area contributed by atoms with Crippen molar-refractivity contribution < 1.29 is 23.5 Å². The summed E-state index contributed by atoms with van der Waals surface area (Å²) in [6.07, 6.45) is 0.719. The first kappa shape index (κ1) is 15.9. The van der Waals surface area contributed by atoms with Gasteiger partial charge >= 0.3 is 5.97 Å². The lowest BCUT2D eigenvalue weighted by Crippen LogP contribution is -2.27. The zero-order chi connectivity index (χ0) is 17.1. The van der Waals surface area contributed by atoms with E-state index >= 15 is 0 Å². The molecular formula is C19H15FO4. The highest BCUT2D eigenvalue weighted by atomic mass is 19.1. The molecule has 122 valence electrons. The Balaban J connectivity index is 1.69. The SMILES string of the molecule is C[C@H](OC(=O)C1=Cc2ccccc2OC1)C(=O)c1ccc(F)cc1. The van der Waals surface area contributed by atoms with Crippen molar-refractivity contribution >= 4 is 17.8 Å². The van der Waals surface area contributed by atoms with Crippen LogP contribution in [-0.4, -0.2) is 24.5 Å². The number of para-hydroxylation sites is 1. The smallest absolute Gasteiger partial charge is 0.338 e. The quantitative estimate of drug-likeness (QED) is 0.638. The number of ketones is 1. The predicted molar refractivity (Wildman–Crippen MR) is 86.2 cm³/mol. The van der Waals surface area contributed by atoms with E-state index in [0.29, 0.717) is 11.3 Å². The van der Waals surface area contributed by atoms with Gasteiger partial charge in [-0.2, -0.15) is 0 Å². The van der Waals surface area contributed by atoms with Gasteiger partial charge in [-0.05, 0) is 43.3 Å². The number of carbonyl (C=O) groups excluding carboxylic acids is 2. The van der Waals surface area contributed by atoms with Crippen LogP contribution in [0.25, 0.3) is 6.08 Å². The van der Waals surface area contributed by atoms with Crippen LogP contribution in [0.4, 0.5) is 4.39 Å². The molecule has 24 heavy (non-hydrogen) atoms. The first-order chi connectivity index (χ1) is 11.5. The molecule has 1 aliphatic heterocycles. The van der Waals surface area contributed by atoms with Gasteiger partial charge in [0.1, 0.15) is 18.2 Å². The van der Waals surface area contributed by atoms with Crippen molar-refractivity contribution in [2.75, 3.05) is 6.61 Å². The molecule has 3 rings (SSSR count). The fraction of sp³-hybridized carbons (Fsp3) is 0.158. The summed E-state index contributed by atoms with van der Waals surface area (Å²) < 4.78 is 23.6. The highest BCUT2D eigenvalue weighted by Crippen LogP contribution is 2.26. The molecule has 0 aliphatic carbocycles. The Hall–Kier alpha value is -2.95. The van der Waals surface area contributed by atoms with E-state index in [0.717, 1.165) is 5.56 Å². The van der Waals surface area contributed by atoms with Crippen molar-refractivity contribution in [2.24, 2.45) is 0 Å². The van der Waals surface area contributed by atoms with E-state index in [9.17, 15) is 14.0 Å². The topological polar surface area (TPSA) is 52.6 Å². The molecule has 0 spiro atoms. The molecule has 0 fully saturated rings. The largest absolute Gasteiger partial charge is 0.488 e. The number of fused-ring (bicyclic) bond motifs is 1. The summed E-state index contributed by atoms with van der Waals surface area (Å²) in [6, 6.07) is 12.4. The van der Waals surface area contributed by atoms with Crippen molar-refractivity contribution in [3.8, 4) is 5.75 Å². The second kappa shape index (κ2) is 6.66. The third-order valence-electron chi connectivity index (χ3n) is 3.68. The third-order valence-corrected chi connectivity index (χ3v) is 3.68. The Morgan fingerprint density at radius 2 is 1.83 bits per heavy atom. The van der Waals surface area contributed by atoms with E-state index in [-0.39, 0.29) is 18.0 Å². The summed E-state index contributed by atoms with van der Waals surface area (Å²) in [5.41, 5.74) is 1.41. The van der Waals surface area contributed by atoms with Gasteiger partial charge in [0.25, 0.3) is 0 Å². The zero-order valence-electron chi connectivity index (χ0n) is 13.0. The van der Waals surface area contributed by atoms with Crippen molar-refractivity contribution in [1.82, 2.24) is 0 Å². The van der Waals surface area contributed by atoms with Gasteiger partial charge in [0.05, 0.1) is 5.57 Å². The minimum Gasteiger partial charge on any atom is -0.488 e. The van der Waals surface area contributed by atoms with Crippen molar-refractivity contribution in [1.29, 1.82) is 0 Å². The first-order valence-electron chi connectivity index (χ1n) is 7.48. The molecule has 0 saturated carbocycles. The Morgan fingerprint density at radius 1 is 1.12 bits per heavy atom. The number of hydrogen-bond acceptors (Lipinski definition) is 4. The molecule has 5 heteroatoms. The van der Waals surface area contributed by atoms with Crippen LogP contribution in [0.3, 0.4) is 0 Å². The summed E-state index contributed by atoms with van der Waals surface area (Å²) in [6.45, 7) is 1.58. The number of halogens is 1. The van der Waals surface area contributed by atoms with Gasteiger partial charge in [0.2, 0.25) is 5.78 Å². The van der Waals surface area contributed by atoms with Crippen LogP contribution in [-0.2, 0) is 9.53 Å². The Labute approximate surface area is 138 Å². The molecule has 0 unspecified atom stereocenters. The number of hydrogen-bond donors (Lipinski definition) is 0. The fourth-order valence-corrected chi connectivity index (χ4v) is 2.37. The summed E-state index contributed by atoms with van der Waals surface area (Å²) in [4.78, 5) is 24.4. The average molecular weight is 326 g/mol. The molecule has 2 aromatic rings. The van der Waals surface area contributed by atoms with Crippen LogP contribution in [0.15, 0.2) is 54.1 Å². The lowest BCUT2D eigenvalue weighted by atomic mass is 10.1. The van der Waals surface area contributed by atoms with E-state index in [4.69, 9.17) is 9.47 Å². The number of benzene rings is 2. The second-order valence-corrected chi connectivity index (χ2v) is 5.41. The molecule has 1 aliphatic rings. The van der Waals surface area contributed by atoms with Gasteiger partial charge in [-0.25, -0.2) is 9.18 Å². The molecule has 1 atom stereocenters. The van der Waals surface area contributed by atoms with Gasteiger partial charge in [0.15, 0.2) is 6.10 Å². The highest BCUT2D eigenvalue weighted by molar-refractivity contribution is 6.02. The minimum atomic E-state index is -0.971. The molecule has 1 heterocycles. The van der Waals surface area contributed by atoms with Gasteiger partial charge < -0.3 is 9.47 Å². The van der Waals surface area contributed by atoms with Crippen LogP contribution in [0.1, 0.15) is 22.8 Å². The predicted octanol–water partition coefficient (Wildman–Crippen LogP) is 3.42. The van der Waals surface area contributed by atoms with E-state index in [1.54, 1.807) is 6.08 Å². The van der Waals surface area contributed by atoms with Crippen molar-refractivity contribution in [2.45, 2.75) is 13.0 Å². The fourth-order valence-electron chi connectivity index (χ4n) is 2.37. The Kier molecular flexibility index (Phi) is 4.42. The molecule has 4 nitrogen and oxygen atoms in total. The average Bonchev–Trinajstić information content (AvgIpc) is 2.61. The van der Waals surface area contributed by atoms with Gasteiger partial charge in [-0.3, -0.25) is 4.79 Å². The summed E-state index contributed by atoms with van der Waals surface area (Å²) in [5.74, 6) is -0.725. The van der Waals surface area contributed by atoms with E-state index in [2.05, 4.69) is 0 Å². The standard InChI is InChI=1S/C19H15FO4/c1-12(18(21)13-6-8-16(20)9-7-13)24-19(22)15-10-14-4-2-3-5-17(14)23-11-15/h2-10,12H,11H2,1H3/t12-/m0/s1. The maximum atomic E-state index is 12.9. The summed E-state index contributed by atoms with van der Waals surface area (Å²) in [7, 11) is 0. The highest BCUT2D eigenvalue weighted by Gasteiger charge is 2.24. The zero-order valence-corrected chi connectivity index (χ0v) is 13.0. The van der Waals surface area contributed by atoms with Crippen LogP contribution >= 0.6 is 0 Å². The third kappa shape index (κ3) is 3.35. The van der Waals surface area contributed by atoms with Crippen LogP contribution in [0.5, 0.6) is 5.75 Å². The first-order valence-corrected chi connectivity index (χ1v) is 7.48. The molecule has 0 saturated heterocycles. The number of esters is 1. The maximum Gasteiger partial charge on any atom is 0.338 e. The normalized spacial score (nSPS) is 14.0. The molecule has 0 aromatic heterocycles. The van der Waals surface area contributed by atoms with Crippen molar-refractivity contribution in [3.05, 3.63) is 71.0 Å². The Bertz CT molecular complexity index is 808. The molecular weight excluding hydrogens is 311 g/mol. The molecule has 0 bridgehead atoms. The van der Waals surface area contributed by atoms with Gasteiger partial charge in [-0.15, -0.1) is 0 Å². The minimum absolute atomic E-state index is 0.0906. The van der Waals surface area contributed by atoms with E-state index in [1.807, 2.05) is 24.3 Å². The number of rotatable bonds is 4. The van der Waals surface area contributed by atoms with Crippen LogP contribution in [0.2, 0.25) is 0 Å². The van der Waals surface area contributed by atoms with Gasteiger partial charge in [-0.1, -0.05) is 18.2 Å². The molecule has 0 radical (unpaired) electrons. The maximum absolute atomic E-state index is 12.9. The molecule has 0 N–H and O–H groups in total. The second-order valence-electron chi connectivity index (χ2n) is 5.41. The van der Waals surface area contributed by atoms with E-state index < -0.39 is 17.9 Å². The number of Topliss-reactive ketones (excluding diaryl/α,β-unsaturated/α-hetero) is 1. The van der Waals surface area contributed by atoms with Crippen LogP contribution in [0, 0.1) is 5.82 Å². The number of carbonyl (C=O) groups is 2. The summed E-state index contributed by atoms with van der Waals surface area (Å²) >= 11 is 0. The van der Waals surface area contributed by atoms with Gasteiger partial charge in [0, 0.05) is 11.1 Å². The summed E-state index contributed by atoms with van der Waals surface area (Å²) in [5, 5.41) is 0. The lowest BCUT2D eigenvalue weighted by Gasteiger charge is -2.18.